The number of hydrogen-bond acceptors (Lipinski definition) is 11. The molecule has 6 heterocycles. The Balaban J connectivity index is 0.000000202. The van der Waals surface area contributed by atoms with Crippen LogP contribution in [0.5, 0.6) is 5.75 Å². The van der Waals surface area contributed by atoms with Crippen LogP contribution in [0.25, 0.3) is 0 Å². The summed E-state index contributed by atoms with van der Waals surface area (Å²) in [7, 11) is 0. The number of pyridine rings is 2. The minimum Gasteiger partial charge on any atom is -0.406 e. The number of carbonyl (C=O) groups is 6. The van der Waals surface area contributed by atoms with Gasteiger partial charge >= 0.3 is 6.36 Å². The van der Waals surface area contributed by atoms with Crippen LogP contribution < -0.4 is 4.74 Å². The summed E-state index contributed by atoms with van der Waals surface area (Å²) in [5, 5.41) is 0. The number of piperidine rings is 4. The summed E-state index contributed by atoms with van der Waals surface area (Å²) < 4.78 is 41.0. The van der Waals surface area contributed by atoms with E-state index in [4.69, 9.17) is 0 Å². The maximum Gasteiger partial charge on any atom is 0.573 e. The van der Waals surface area contributed by atoms with Gasteiger partial charge in [-0.15, -0.1) is 13.2 Å². The Kier molecular flexibility index (Phi) is 20.5. The average molecular weight is 1150 g/mol. The molecule has 0 spiro atoms. The minimum absolute atomic E-state index is 0.00867. The lowest BCUT2D eigenvalue weighted by Crippen LogP contribution is -2.40. The molecule has 16 heteroatoms. The molecule has 4 fully saturated rings. The van der Waals surface area contributed by atoms with Gasteiger partial charge in [-0.3, -0.25) is 48.5 Å². The van der Waals surface area contributed by atoms with E-state index in [-0.39, 0.29) is 64.1 Å². The fourth-order valence-corrected chi connectivity index (χ4v) is 11.8. The topological polar surface area (TPSA) is 150 Å². The zero-order chi connectivity index (χ0) is 59.3. The van der Waals surface area contributed by atoms with Crippen LogP contribution >= 0.6 is 0 Å². The number of hydrogen-bond donors (Lipinski definition) is 0. The van der Waals surface area contributed by atoms with Crippen LogP contribution in [0.3, 0.4) is 0 Å². The van der Waals surface area contributed by atoms with E-state index in [2.05, 4.69) is 55.7 Å². The van der Waals surface area contributed by atoms with Crippen LogP contribution in [0.15, 0.2) is 134 Å². The van der Waals surface area contributed by atoms with Gasteiger partial charge in [0.2, 0.25) is 0 Å². The SMILES string of the molecule is Cc1ccc(C(=O)C2CCN(C(=O)c3ccc(C(=O)CC4CCN(Cc5ccc(OC(F)(F)F)cc5)CC4)cn3)CC2)cc1.Cc1ccc(CN2CCC(CC(=O)c3ccc(C(=O)N4CCC(C(=O)c5ccc(C)cc5)CC4)nc3)CC2)cc1. The van der Waals surface area contributed by atoms with Crippen molar-refractivity contribution in [3.05, 3.63) is 195 Å². The van der Waals surface area contributed by atoms with E-state index >= 15 is 0 Å². The second kappa shape index (κ2) is 28.3. The molecule has 0 bridgehead atoms. The molecule has 0 unspecified atom stereocenters. The second-order valence-corrected chi connectivity index (χ2v) is 23.3. The number of likely N-dealkylation sites (tertiary alicyclic amines) is 4. The van der Waals surface area contributed by atoms with E-state index in [0.717, 1.165) is 80.7 Å². The van der Waals surface area contributed by atoms with Gasteiger partial charge in [0.05, 0.1) is 0 Å². The molecule has 13 nitrogen and oxygen atoms in total. The third kappa shape index (κ3) is 17.0. The lowest BCUT2D eigenvalue weighted by molar-refractivity contribution is -0.274. The Hall–Kier alpha value is -7.69. The van der Waals surface area contributed by atoms with E-state index in [1.807, 2.05) is 62.4 Å². The lowest BCUT2D eigenvalue weighted by atomic mass is 9.88. The largest absolute Gasteiger partial charge is 0.573 e. The van der Waals surface area contributed by atoms with E-state index in [9.17, 15) is 41.9 Å². The van der Waals surface area contributed by atoms with Gasteiger partial charge < -0.3 is 14.5 Å². The van der Waals surface area contributed by atoms with Gasteiger partial charge in [0, 0.05) is 98.6 Å². The molecule has 0 saturated carbocycles. The van der Waals surface area contributed by atoms with Crippen molar-refractivity contribution in [2.45, 2.75) is 104 Å². The highest BCUT2D eigenvalue weighted by Gasteiger charge is 2.33. The molecule has 4 aliphatic heterocycles. The number of ketones is 4. The van der Waals surface area contributed by atoms with Gasteiger partial charge in [-0.1, -0.05) is 102 Å². The third-order valence-electron chi connectivity index (χ3n) is 17.0. The number of benzene rings is 4. The Morgan fingerprint density at radius 1 is 0.440 bits per heavy atom. The number of ether oxygens (including phenoxy) is 1. The number of nitrogens with zero attached hydrogens (tertiary/aromatic N) is 6. The van der Waals surface area contributed by atoms with Gasteiger partial charge in [0.25, 0.3) is 11.8 Å². The quantitative estimate of drug-likeness (QED) is 0.0803. The first-order chi connectivity index (χ1) is 40.4. The Bertz CT molecular complexity index is 3200. The summed E-state index contributed by atoms with van der Waals surface area (Å²) >= 11 is 0. The monoisotopic (exact) mass is 1140 g/mol. The molecule has 4 saturated heterocycles. The zero-order valence-corrected chi connectivity index (χ0v) is 48.3. The standard InChI is InChI=1S/C34H36F3N3O4.C34H39N3O3/c1-23-2-6-26(7-3-23)32(42)27-14-18-40(19-15-27)33(43)30-11-8-28(21-38-30)31(41)20-24-12-16-39(17-13-24)22-25-4-9-29(10-5-25)44-34(35,36)37;1-24-3-7-27(8-4-24)23-36-17-13-26(14-18-36)21-32(38)30-11-12-31(35-22-30)34(40)37-19-15-29(16-20-37)33(39)28-9-5-25(2)6-10-28/h2-11,21,24,27H,12-20,22H2,1H3;3-12,22,26,29H,13-21,23H2,1-2H3. The van der Waals surface area contributed by atoms with Crippen LogP contribution in [0.4, 0.5) is 13.2 Å². The predicted octanol–water partition coefficient (Wildman–Crippen LogP) is 12.4. The van der Waals surface area contributed by atoms with Crippen molar-refractivity contribution in [2.75, 3.05) is 52.4 Å². The molecule has 4 aliphatic rings. The van der Waals surface area contributed by atoms with Crippen LogP contribution in [0.2, 0.25) is 0 Å². The molecule has 0 aliphatic carbocycles. The summed E-state index contributed by atoms with van der Waals surface area (Å²) in [6.45, 7) is 13.3. The zero-order valence-electron chi connectivity index (χ0n) is 48.3. The van der Waals surface area contributed by atoms with E-state index in [1.165, 1.54) is 29.5 Å². The maximum absolute atomic E-state index is 13.1. The molecule has 10 rings (SSSR count). The molecule has 4 aromatic carbocycles. The van der Waals surface area contributed by atoms with Gasteiger partial charge in [-0.25, -0.2) is 0 Å². The Morgan fingerprint density at radius 2 is 0.774 bits per heavy atom. The third-order valence-corrected chi connectivity index (χ3v) is 17.0. The smallest absolute Gasteiger partial charge is 0.406 e. The number of carbonyl (C=O) groups excluding carboxylic acids is 6. The summed E-state index contributed by atoms with van der Waals surface area (Å²) in [6, 6.07) is 36.6. The summed E-state index contributed by atoms with van der Waals surface area (Å²) in [5.41, 5.74) is 8.89. The first kappa shape index (κ1) is 60.9. The van der Waals surface area contributed by atoms with Crippen molar-refractivity contribution < 1.29 is 46.7 Å². The number of halogens is 3. The van der Waals surface area contributed by atoms with Crippen molar-refractivity contribution in [3.63, 3.8) is 0 Å². The van der Waals surface area contributed by atoms with Crippen LogP contribution in [0, 0.1) is 44.4 Å². The van der Waals surface area contributed by atoms with Crippen LogP contribution in [-0.2, 0) is 13.1 Å². The van der Waals surface area contributed by atoms with Gasteiger partial charge in [-0.2, -0.15) is 0 Å². The van der Waals surface area contributed by atoms with Crippen LogP contribution in [-0.4, -0.2) is 123 Å². The molecule has 0 radical (unpaired) electrons. The molecule has 0 N–H and O–H groups in total. The van der Waals surface area contributed by atoms with E-state index < -0.39 is 6.36 Å². The van der Waals surface area contributed by atoms with Crippen molar-refractivity contribution in [1.82, 2.24) is 29.6 Å². The van der Waals surface area contributed by atoms with Gasteiger partial charge in [0.15, 0.2) is 23.1 Å². The molecule has 84 heavy (non-hydrogen) atoms. The highest BCUT2D eigenvalue weighted by Crippen LogP contribution is 2.29. The molecule has 2 aromatic heterocycles. The highest BCUT2D eigenvalue weighted by atomic mass is 19.4. The predicted molar refractivity (Wildman–Crippen MR) is 315 cm³/mol. The van der Waals surface area contributed by atoms with E-state index in [1.54, 1.807) is 52.4 Å². The average Bonchev–Trinajstić information content (AvgIpc) is 3.59. The molecule has 2 amide bonds. The number of alkyl halides is 3. The van der Waals surface area contributed by atoms with Crippen molar-refractivity contribution in [3.8, 4) is 5.75 Å². The number of amides is 2. The van der Waals surface area contributed by atoms with Crippen molar-refractivity contribution >= 4 is 34.9 Å². The fourth-order valence-electron chi connectivity index (χ4n) is 11.8. The normalized spacial score (nSPS) is 17.0. The maximum atomic E-state index is 13.1. The highest BCUT2D eigenvalue weighted by molar-refractivity contribution is 6.00. The first-order valence-corrected chi connectivity index (χ1v) is 29.5. The second-order valence-electron chi connectivity index (χ2n) is 23.3. The minimum atomic E-state index is -4.71. The summed E-state index contributed by atoms with van der Waals surface area (Å²) in [4.78, 5) is 94.6. The number of rotatable bonds is 17. The van der Waals surface area contributed by atoms with Crippen molar-refractivity contribution in [2.24, 2.45) is 23.7 Å². The molecular weight excluding hydrogens is 1070 g/mol. The van der Waals surface area contributed by atoms with Gasteiger partial charge in [0.1, 0.15) is 17.1 Å². The van der Waals surface area contributed by atoms with Gasteiger partial charge in [-0.05, 0) is 158 Å². The fraction of sp³-hybridized carbons (Fsp3) is 0.412. The summed E-state index contributed by atoms with van der Waals surface area (Å²) in [6.07, 6.45) is 5.48. The Labute approximate surface area is 490 Å². The molecule has 6 aromatic rings. The Morgan fingerprint density at radius 3 is 1.11 bits per heavy atom. The molecular formula is C68H75F3N6O7. The number of aromatic nitrogens is 2. The first-order valence-electron chi connectivity index (χ1n) is 29.5. The number of Topliss-reactive ketones (excluding diaryl/α,β-unsaturated/α-hetero) is 4. The number of aryl methyl sites for hydroxylation is 3. The van der Waals surface area contributed by atoms with E-state index in [0.29, 0.717) is 99.6 Å². The van der Waals surface area contributed by atoms with Crippen LogP contribution in [0.1, 0.15) is 154 Å². The van der Waals surface area contributed by atoms with Crippen molar-refractivity contribution in [1.29, 1.82) is 0 Å². The molecule has 0 atom stereocenters. The molecule has 440 valence electrons. The summed E-state index contributed by atoms with van der Waals surface area (Å²) in [5.74, 6) is 0.243. The lowest BCUT2D eigenvalue weighted by Gasteiger charge is -2.31.